The van der Waals surface area contributed by atoms with Gasteiger partial charge in [0.05, 0.1) is 0 Å². The Hall–Kier alpha value is -2.22. The van der Waals surface area contributed by atoms with E-state index in [1.54, 1.807) is 37.4 Å². The maximum atomic E-state index is 14.0. The molecule has 1 aromatic rings. The normalized spacial score (nSPS) is 13.5. The third-order valence-electron chi connectivity index (χ3n) is 5.13. The van der Waals surface area contributed by atoms with Crippen molar-refractivity contribution in [2.45, 2.75) is 98.4 Å². The van der Waals surface area contributed by atoms with E-state index >= 15 is 0 Å². The zero-order valence-electron chi connectivity index (χ0n) is 23.2. The number of alkyl carbamates (subject to hydrolysis) is 1. The van der Waals surface area contributed by atoms with Gasteiger partial charge in [0.15, 0.2) is 0 Å². The number of hydrogen-bond donors (Lipinski definition) is 2. The van der Waals surface area contributed by atoms with Crippen molar-refractivity contribution in [3.05, 3.63) is 34.9 Å². The monoisotopic (exact) mass is 507 g/mol. The number of thioether (sulfide) groups is 1. The maximum Gasteiger partial charge on any atom is 0.408 e. The molecule has 35 heavy (non-hydrogen) atoms. The van der Waals surface area contributed by atoms with Gasteiger partial charge in [0.2, 0.25) is 11.8 Å². The minimum absolute atomic E-state index is 0.243. The standard InChI is InChI=1S/C27H45N3O4S/c1-11-15-30(24(32)21(14-16-35-10)28-25(33)34-27(7,8)9)22(23(31)29-26(4,5)6)20-13-12-18(2)17-19(20)3/h12-13,17,21-22H,11,14-16H2,1-10H3,(H,28,33)(H,29,31). The highest BCUT2D eigenvalue weighted by molar-refractivity contribution is 7.98. The first-order chi connectivity index (χ1) is 16.1. The summed E-state index contributed by atoms with van der Waals surface area (Å²) >= 11 is 1.59. The SMILES string of the molecule is CCCN(C(=O)C(CCSC)NC(=O)OC(C)(C)C)C(C(=O)NC(C)(C)C)c1ccc(C)cc1C. The van der Waals surface area contributed by atoms with E-state index in [0.29, 0.717) is 25.1 Å². The number of carbonyl (C=O) groups is 3. The molecule has 8 heteroatoms. The van der Waals surface area contributed by atoms with Crippen molar-refractivity contribution in [1.29, 1.82) is 0 Å². The number of rotatable bonds is 10. The van der Waals surface area contributed by atoms with Gasteiger partial charge >= 0.3 is 6.09 Å². The first-order valence-corrected chi connectivity index (χ1v) is 13.7. The highest BCUT2D eigenvalue weighted by Gasteiger charge is 2.37. The molecule has 198 valence electrons. The molecule has 2 unspecified atom stereocenters. The van der Waals surface area contributed by atoms with Crippen LogP contribution >= 0.6 is 11.8 Å². The summed E-state index contributed by atoms with van der Waals surface area (Å²) in [6, 6.07) is 4.27. The zero-order chi connectivity index (χ0) is 27.0. The third kappa shape index (κ3) is 10.5. The van der Waals surface area contributed by atoms with Crippen LogP contribution in [0.25, 0.3) is 0 Å². The molecule has 0 heterocycles. The Labute approximate surface area is 216 Å². The van der Waals surface area contributed by atoms with Crippen molar-refractivity contribution in [3.63, 3.8) is 0 Å². The minimum atomic E-state index is -0.820. The number of aryl methyl sites for hydroxylation is 2. The van der Waals surface area contributed by atoms with E-state index in [1.165, 1.54) is 0 Å². The average Bonchev–Trinajstić information content (AvgIpc) is 2.69. The van der Waals surface area contributed by atoms with Gasteiger partial charge in [-0.3, -0.25) is 9.59 Å². The molecule has 0 bridgehead atoms. The lowest BCUT2D eigenvalue weighted by Gasteiger charge is -2.36. The Morgan fingerprint density at radius 1 is 1.09 bits per heavy atom. The van der Waals surface area contributed by atoms with Gasteiger partial charge in [0.25, 0.3) is 0 Å². The van der Waals surface area contributed by atoms with Gasteiger partial charge in [-0.15, -0.1) is 0 Å². The molecule has 0 saturated heterocycles. The molecule has 0 aromatic heterocycles. The Morgan fingerprint density at radius 2 is 1.71 bits per heavy atom. The van der Waals surface area contributed by atoms with Gasteiger partial charge < -0.3 is 20.3 Å². The molecule has 1 aromatic carbocycles. The topological polar surface area (TPSA) is 87.7 Å². The van der Waals surface area contributed by atoms with Crippen molar-refractivity contribution in [2.75, 3.05) is 18.6 Å². The van der Waals surface area contributed by atoms with Crippen LogP contribution in [-0.2, 0) is 14.3 Å². The van der Waals surface area contributed by atoms with Crippen molar-refractivity contribution in [1.82, 2.24) is 15.5 Å². The Morgan fingerprint density at radius 3 is 2.20 bits per heavy atom. The predicted octanol–water partition coefficient (Wildman–Crippen LogP) is 5.14. The molecule has 0 aliphatic rings. The van der Waals surface area contributed by atoms with Crippen LogP contribution in [0.15, 0.2) is 18.2 Å². The van der Waals surface area contributed by atoms with Crippen molar-refractivity contribution >= 4 is 29.7 Å². The number of carbonyl (C=O) groups excluding carboxylic acids is 3. The van der Waals surface area contributed by atoms with Crippen LogP contribution in [0.1, 0.15) is 84.0 Å². The molecule has 0 spiro atoms. The van der Waals surface area contributed by atoms with Gasteiger partial charge in [0.1, 0.15) is 17.7 Å². The maximum absolute atomic E-state index is 14.0. The van der Waals surface area contributed by atoms with Crippen LogP contribution in [0, 0.1) is 13.8 Å². The van der Waals surface area contributed by atoms with Crippen molar-refractivity contribution in [2.24, 2.45) is 0 Å². The van der Waals surface area contributed by atoms with E-state index in [0.717, 1.165) is 16.7 Å². The number of amides is 3. The number of nitrogens with one attached hydrogen (secondary N) is 2. The van der Waals surface area contributed by atoms with E-state index in [-0.39, 0.29) is 11.8 Å². The molecule has 2 N–H and O–H groups in total. The van der Waals surface area contributed by atoms with Crippen LogP contribution < -0.4 is 10.6 Å². The molecule has 0 saturated carbocycles. The smallest absolute Gasteiger partial charge is 0.408 e. The fourth-order valence-corrected chi connectivity index (χ4v) is 4.24. The van der Waals surface area contributed by atoms with E-state index in [2.05, 4.69) is 10.6 Å². The fraction of sp³-hybridized carbons (Fsp3) is 0.667. The van der Waals surface area contributed by atoms with Gasteiger partial charge in [-0.1, -0.05) is 30.7 Å². The lowest BCUT2D eigenvalue weighted by Crippen LogP contribution is -2.55. The Bertz CT molecular complexity index is 874. The second-order valence-electron chi connectivity index (χ2n) is 11.0. The molecule has 1 rings (SSSR count). The minimum Gasteiger partial charge on any atom is -0.444 e. The van der Waals surface area contributed by atoms with Crippen LogP contribution in [-0.4, -0.2) is 58.5 Å². The second-order valence-corrected chi connectivity index (χ2v) is 12.0. The molecule has 3 amide bonds. The summed E-state index contributed by atoms with van der Waals surface area (Å²) in [5, 5.41) is 5.83. The lowest BCUT2D eigenvalue weighted by molar-refractivity contribution is -0.143. The molecule has 0 aliphatic heterocycles. The summed E-state index contributed by atoms with van der Waals surface area (Å²) in [4.78, 5) is 41.8. The molecule has 0 radical (unpaired) electrons. The first-order valence-electron chi connectivity index (χ1n) is 12.3. The Balaban J connectivity index is 3.49. The van der Waals surface area contributed by atoms with Gasteiger partial charge in [-0.25, -0.2) is 4.79 Å². The van der Waals surface area contributed by atoms with Crippen LogP contribution in [0.2, 0.25) is 0 Å². The number of ether oxygens (including phenoxy) is 1. The summed E-state index contributed by atoms with van der Waals surface area (Å²) in [5.41, 5.74) is 1.64. The average molecular weight is 508 g/mol. The highest BCUT2D eigenvalue weighted by atomic mass is 32.2. The predicted molar refractivity (Wildman–Crippen MR) is 145 cm³/mol. The van der Waals surface area contributed by atoms with Crippen LogP contribution in [0.3, 0.4) is 0 Å². The number of benzene rings is 1. The van der Waals surface area contributed by atoms with E-state index in [1.807, 2.05) is 66.0 Å². The van der Waals surface area contributed by atoms with E-state index in [9.17, 15) is 14.4 Å². The fourth-order valence-electron chi connectivity index (χ4n) is 3.77. The van der Waals surface area contributed by atoms with E-state index < -0.39 is 29.3 Å². The number of nitrogens with zero attached hydrogens (tertiary/aromatic N) is 1. The molecule has 0 fully saturated rings. The van der Waals surface area contributed by atoms with Crippen LogP contribution in [0.4, 0.5) is 4.79 Å². The summed E-state index contributed by atoms with van der Waals surface area (Å²) in [6.45, 7) is 17.4. The zero-order valence-corrected chi connectivity index (χ0v) is 24.0. The quantitative estimate of drug-likeness (QED) is 0.458. The van der Waals surface area contributed by atoms with Crippen molar-refractivity contribution < 1.29 is 19.1 Å². The summed E-state index contributed by atoms with van der Waals surface area (Å²) in [6.07, 6.45) is 2.40. The van der Waals surface area contributed by atoms with Gasteiger partial charge in [-0.2, -0.15) is 11.8 Å². The summed E-state index contributed by atoms with van der Waals surface area (Å²) in [5.74, 6) is 0.141. The third-order valence-corrected chi connectivity index (χ3v) is 5.77. The highest BCUT2D eigenvalue weighted by Crippen LogP contribution is 2.28. The molecular formula is C27H45N3O4S. The first kappa shape index (κ1) is 30.8. The largest absolute Gasteiger partial charge is 0.444 e. The van der Waals surface area contributed by atoms with E-state index in [4.69, 9.17) is 4.74 Å². The lowest BCUT2D eigenvalue weighted by atomic mass is 9.95. The summed E-state index contributed by atoms with van der Waals surface area (Å²) in [7, 11) is 0. The second kappa shape index (κ2) is 13.2. The van der Waals surface area contributed by atoms with Crippen molar-refractivity contribution in [3.8, 4) is 0 Å². The molecule has 2 atom stereocenters. The Kier molecular flexibility index (Phi) is 11.6. The van der Waals surface area contributed by atoms with Gasteiger partial charge in [0, 0.05) is 12.1 Å². The summed E-state index contributed by atoms with van der Waals surface area (Å²) < 4.78 is 5.42. The molecule has 0 aliphatic carbocycles. The molecular weight excluding hydrogens is 462 g/mol. The molecule has 7 nitrogen and oxygen atoms in total. The van der Waals surface area contributed by atoms with Crippen LogP contribution in [0.5, 0.6) is 0 Å². The van der Waals surface area contributed by atoms with Gasteiger partial charge in [-0.05, 0) is 91.4 Å². The number of hydrogen-bond acceptors (Lipinski definition) is 5.